The Morgan fingerprint density at radius 2 is 2.04 bits per heavy atom. The molecule has 0 aromatic heterocycles. The van der Waals surface area contributed by atoms with E-state index in [4.69, 9.17) is 4.74 Å². The Labute approximate surface area is 170 Å². The van der Waals surface area contributed by atoms with E-state index >= 15 is 0 Å². The summed E-state index contributed by atoms with van der Waals surface area (Å²) >= 11 is 0. The van der Waals surface area contributed by atoms with E-state index in [9.17, 15) is 14.4 Å². The molecule has 28 heavy (non-hydrogen) atoms. The van der Waals surface area contributed by atoms with Crippen LogP contribution in [0.2, 0.25) is 0 Å². The smallest absolute Gasteiger partial charge is 0.325 e. The monoisotopic (exact) mass is 410 g/mol. The van der Waals surface area contributed by atoms with Crippen LogP contribution in [0.4, 0.5) is 4.79 Å². The van der Waals surface area contributed by atoms with Gasteiger partial charge in [0.05, 0.1) is 7.11 Å². The number of rotatable bonds is 6. The van der Waals surface area contributed by atoms with Gasteiger partial charge >= 0.3 is 6.03 Å². The minimum atomic E-state index is -1.20. The van der Waals surface area contributed by atoms with Crippen LogP contribution < -0.4 is 20.7 Å². The zero-order valence-electron chi connectivity index (χ0n) is 16.1. The third kappa shape index (κ3) is 4.56. The van der Waals surface area contributed by atoms with E-state index < -0.39 is 17.5 Å². The fourth-order valence-corrected chi connectivity index (χ4v) is 3.52. The summed E-state index contributed by atoms with van der Waals surface area (Å²) in [6, 6.07) is 6.36. The van der Waals surface area contributed by atoms with Crippen molar-refractivity contribution in [1.29, 1.82) is 0 Å². The molecule has 1 aromatic rings. The van der Waals surface area contributed by atoms with E-state index in [1.807, 2.05) is 0 Å². The van der Waals surface area contributed by atoms with E-state index in [-0.39, 0.29) is 24.9 Å². The first kappa shape index (κ1) is 22.0. The second-order valence-electron chi connectivity index (χ2n) is 7.19. The predicted molar refractivity (Wildman–Crippen MR) is 106 cm³/mol. The quantitative estimate of drug-likeness (QED) is 0.607. The van der Waals surface area contributed by atoms with Crippen LogP contribution in [0.25, 0.3) is 0 Å². The van der Waals surface area contributed by atoms with Crippen LogP contribution >= 0.6 is 12.4 Å². The molecule has 2 unspecified atom stereocenters. The van der Waals surface area contributed by atoms with Gasteiger partial charge in [0.15, 0.2) is 0 Å². The number of methoxy groups -OCH3 is 1. The van der Waals surface area contributed by atoms with Crippen LogP contribution in [0.5, 0.6) is 5.75 Å². The van der Waals surface area contributed by atoms with Gasteiger partial charge in [0, 0.05) is 6.54 Å². The maximum absolute atomic E-state index is 12.9. The fourth-order valence-electron chi connectivity index (χ4n) is 3.52. The standard InChI is InChI=1S/C19H26N4O4.ClH/c1-19(14-5-7-15(27-2)8-6-14)17(25)23(18(26)22-19)12-16(24)21-11-13-4-3-9-20-10-13;/h5-8,13,20H,3-4,9-12H2,1-2H3,(H,21,24)(H,22,26);1H. The van der Waals surface area contributed by atoms with Crippen molar-refractivity contribution in [2.24, 2.45) is 5.92 Å². The first-order valence-electron chi connectivity index (χ1n) is 9.20. The number of nitrogens with one attached hydrogen (secondary N) is 3. The highest BCUT2D eigenvalue weighted by atomic mass is 35.5. The molecule has 2 saturated heterocycles. The third-order valence-corrected chi connectivity index (χ3v) is 5.23. The molecule has 2 heterocycles. The highest BCUT2D eigenvalue weighted by molar-refractivity contribution is 6.09. The summed E-state index contributed by atoms with van der Waals surface area (Å²) in [4.78, 5) is 38.4. The number of ether oxygens (including phenoxy) is 1. The molecule has 0 radical (unpaired) electrons. The van der Waals surface area contributed by atoms with Crippen LogP contribution in [-0.4, -0.2) is 56.0 Å². The molecule has 1 aromatic carbocycles. The molecule has 0 aliphatic carbocycles. The number of carbonyl (C=O) groups is 3. The largest absolute Gasteiger partial charge is 0.497 e. The van der Waals surface area contributed by atoms with E-state index in [0.29, 0.717) is 23.8 Å². The number of hydrogen-bond donors (Lipinski definition) is 3. The van der Waals surface area contributed by atoms with Crippen LogP contribution in [-0.2, 0) is 15.1 Å². The van der Waals surface area contributed by atoms with Crippen molar-refractivity contribution in [3.63, 3.8) is 0 Å². The number of carbonyl (C=O) groups excluding carboxylic acids is 3. The lowest BCUT2D eigenvalue weighted by Crippen LogP contribution is -2.45. The van der Waals surface area contributed by atoms with Crippen molar-refractivity contribution >= 4 is 30.3 Å². The lowest BCUT2D eigenvalue weighted by atomic mass is 9.92. The number of amides is 4. The molecule has 9 heteroatoms. The molecule has 2 aliphatic heterocycles. The Hall–Kier alpha value is -2.32. The average molecular weight is 411 g/mol. The van der Waals surface area contributed by atoms with Crippen molar-refractivity contribution in [1.82, 2.24) is 20.9 Å². The zero-order valence-corrected chi connectivity index (χ0v) is 16.9. The zero-order chi connectivity index (χ0) is 19.4. The molecular weight excluding hydrogens is 384 g/mol. The minimum Gasteiger partial charge on any atom is -0.497 e. The number of urea groups is 1. The van der Waals surface area contributed by atoms with Gasteiger partial charge in [0.2, 0.25) is 5.91 Å². The van der Waals surface area contributed by atoms with Gasteiger partial charge in [-0.05, 0) is 56.5 Å². The number of halogens is 1. The first-order valence-corrected chi connectivity index (χ1v) is 9.20. The summed E-state index contributed by atoms with van der Waals surface area (Å²) < 4.78 is 5.12. The van der Waals surface area contributed by atoms with Crippen molar-refractivity contribution in [2.45, 2.75) is 25.3 Å². The van der Waals surface area contributed by atoms with Crippen molar-refractivity contribution in [3.05, 3.63) is 29.8 Å². The molecule has 0 saturated carbocycles. The second kappa shape index (κ2) is 9.25. The van der Waals surface area contributed by atoms with E-state index in [2.05, 4.69) is 16.0 Å². The second-order valence-corrected chi connectivity index (χ2v) is 7.19. The van der Waals surface area contributed by atoms with Crippen LogP contribution in [0.1, 0.15) is 25.3 Å². The molecular formula is C19H27ClN4O4. The number of piperidine rings is 1. The molecule has 0 spiro atoms. The Balaban J connectivity index is 0.00000280. The lowest BCUT2D eigenvalue weighted by Gasteiger charge is -2.24. The van der Waals surface area contributed by atoms with Crippen molar-refractivity contribution < 1.29 is 19.1 Å². The Morgan fingerprint density at radius 3 is 2.64 bits per heavy atom. The maximum atomic E-state index is 12.9. The number of imide groups is 1. The van der Waals surface area contributed by atoms with Gasteiger partial charge in [0.1, 0.15) is 17.8 Å². The summed E-state index contributed by atoms with van der Waals surface area (Å²) in [5.74, 6) is 0.276. The first-order chi connectivity index (χ1) is 12.9. The topological polar surface area (TPSA) is 99.8 Å². The fraction of sp³-hybridized carbons (Fsp3) is 0.526. The van der Waals surface area contributed by atoms with Crippen LogP contribution in [0, 0.1) is 5.92 Å². The molecule has 3 N–H and O–H groups in total. The molecule has 2 atom stereocenters. The SMILES string of the molecule is COc1ccc(C2(C)NC(=O)N(CC(=O)NCC3CCCNC3)C2=O)cc1.Cl. The maximum Gasteiger partial charge on any atom is 0.325 e. The van der Waals surface area contributed by atoms with Gasteiger partial charge in [-0.15, -0.1) is 12.4 Å². The molecule has 4 amide bonds. The average Bonchev–Trinajstić information content (AvgIpc) is 2.91. The van der Waals surface area contributed by atoms with Crippen molar-refractivity contribution in [3.8, 4) is 5.75 Å². The summed E-state index contributed by atoms with van der Waals surface area (Å²) in [6.45, 7) is 3.79. The van der Waals surface area contributed by atoms with Gasteiger partial charge in [-0.3, -0.25) is 14.5 Å². The molecule has 8 nitrogen and oxygen atoms in total. The predicted octanol–water partition coefficient (Wildman–Crippen LogP) is 1.000. The number of benzene rings is 1. The summed E-state index contributed by atoms with van der Waals surface area (Å²) in [7, 11) is 1.56. The van der Waals surface area contributed by atoms with E-state index in [1.54, 1.807) is 38.3 Å². The summed E-state index contributed by atoms with van der Waals surface area (Å²) in [6.07, 6.45) is 2.15. The highest BCUT2D eigenvalue weighted by Gasteiger charge is 2.49. The van der Waals surface area contributed by atoms with Crippen LogP contribution in [0.3, 0.4) is 0 Å². The molecule has 3 rings (SSSR count). The summed E-state index contributed by atoms with van der Waals surface area (Å²) in [5, 5.41) is 8.83. The van der Waals surface area contributed by atoms with Gasteiger partial charge in [-0.1, -0.05) is 12.1 Å². The Kier molecular flexibility index (Phi) is 7.26. The third-order valence-electron chi connectivity index (χ3n) is 5.23. The molecule has 0 bridgehead atoms. The van der Waals surface area contributed by atoms with E-state index in [1.165, 1.54) is 0 Å². The van der Waals surface area contributed by atoms with E-state index in [0.717, 1.165) is 30.8 Å². The van der Waals surface area contributed by atoms with Gasteiger partial charge in [-0.2, -0.15) is 0 Å². The van der Waals surface area contributed by atoms with Gasteiger partial charge < -0.3 is 20.7 Å². The normalized spacial score (nSPS) is 24.4. The molecule has 154 valence electrons. The molecule has 2 aliphatic rings. The van der Waals surface area contributed by atoms with Crippen molar-refractivity contribution in [2.75, 3.05) is 33.3 Å². The Morgan fingerprint density at radius 1 is 1.32 bits per heavy atom. The lowest BCUT2D eigenvalue weighted by molar-refractivity contribution is -0.134. The summed E-state index contributed by atoms with van der Waals surface area (Å²) in [5.41, 5.74) is -0.561. The van der Waals surface area contributed by atoms with Gasteiger partial charge in [0.25, 0.3) is 5.91 Å². The van der Waals surface area contributed by atoms with Crippen LogP contribution in [0.15, 0.2) is 24.3 Å². The minimum absolute atomic E-state index is 0. The highest BCUT2D eigenvalue weighted by Crippen LogP contribution is 2.29. The van der Waals surface area contributed by atoms with Gasteiger partial charge in [-0.25, -0.2) is 4.79 Å². The number of hydrogen-bond acceptors (Lipinski definition) is 5. The molecule has 2 fully saturated rings. The number of nitrogens with zero attached hydrogens (tertiary/aromatic N) is 1. The Bertz CT molecular complexity index is 721.